The molecular formula is C20H30FN5O. The summed E-state index contributed by atoms with van der Waals surface area (Å²) in [4.78, 5) is 19.9. The van der Waals surface area contributed by atoms with Crippen molar-refractivity contribution in [3.8, 4) is 0 Å². The van der Waals surface area contributed by atoms with Crippen LogP contribution in [0.25, 0.3) is 0 Å². The molecule has 0 bridgehead atoms. The van der Waals surface area contributed by atoms with Crippen molar-refractivity contribution in [2.24, 2.45) is 4.99 Å². The molecule has 148 valence electrons. The third kappa shape index (κ3) is 6.92. The van der Waals surface area contributed by atoms with Gasteiger partial charge < -0.3 is 20.4 Å². The van der Waals surface area contributed by atoms with Gasteiger partial charge in [-0.15, -0.1) is 0 Å². The summed E-state index contributed by atoms with van der Waals surface area (Å²) in [6.07, 6.45) is 1.99. The van der Waals surface area contributed by atoms with Crippen molar-refractivity contribution in [3.05, 3.63) is 42.2 Å². The maximum absolute atomic E-state index is 13.5. The second-order valence-electron chi connectivity index (χ2n) is 7.17. The van der Waals surface area contributed by atoms with Crippen LogP contribution >= 0.6 is 0 Å². The maximum Gasteiger partial charge on any atom is 0.243 e. The summed E-state index contributed by atoms with van der Waals surface area (Å²) in [5.41, 5.74) is 1.87. The Morgan fingerprint density at radius 2 is 2.22 bits per heavy atom. The van der Waals surface area contributed by atoms with Gasteiger partial charge in [0.15, 0.2) is 5.96 Å². The molecule has 1 heterocycles. The number of carbonyl (C=O) groups excluding carboxylic acids is 1. The zero-order chi connectivity index (χ0) is 19.8. The average Bonchev–Trinajstić information content (AvgIpc) is 2.63. The van der Waals surface area contributed by atoms with E-state index >= 15 is 0 Å². The minimum absolute atomic E-state index is 0.0588. The van der Waals surface area contributed by atoms with Crippen molar-refractivity contribution in [2.75, 3.05) is 45.2 Å². The Kier molecular flexibility index (Phi) is 7.64. The van der Waals surface area contributed by atoms with Gasteiger partial charge in [0.1, 0.15) is 12.4 Å². The Bertz CT molecular complexity index is 689. The van der Waals surface area contributed by atoms with Crippen LogP contribution in [-0.4, -0.2) is 63.1 Å². The highest BCUT2D eigenvalue weighted by Crippen LogP contribution is 2.20. The van der Waals surface area contributed by atoms with E-state index in [-0.39, 0.29) is 24.3 Å². The first-order chi connectivity index (χ1) is 12.8. The van der Waals surface area contributed by atoms with Crippen molar-refractivity contribution in [2.45, 2.75) is 25.8 Å². The highest BCUT2D eigenvalue weighted by Gasteiger charge is 2.21. The Balaban J connectivity index is 2.02. The summed E-state index contributed by atoms with van der Waals surface area (Å²) in [7, 11) is 3.43. The van der Waals surface area contributed by atoms with E-state index in [1.165, 1.54) is 11.0 Å². The highest BCUT2D eigenvalue weighted by molar-refractivity contribution is 5.85. The second-order valence-corrected chi connectivity index (χ2v) is 7.17. The zero-order valence-corrected chi connectivity index (χ0v) is 16.5. The topological polar surface area (TPSA) is 60.0 Å². The largest absolute Gasteiger partial charge is 0.369 e. The maximum atomic E-state index is 13.5. The zero-order valence-electron chi connectivity index (χ0n) is 16.5. The quantitative estimate of drug-likeness (QED) is 0.454. The van der Waals surface area contributed by atoms with Gasteiger partial charge >= 0.3 is 0 Å². The van der Waals surface area contributed by atoms with Crippen molar-refractivity contribution >= 4 is 17.6 Å². The second kappa shape index (κ2) is 9.94. The molecule has 0 spiro atoms. The summed E-state index contributed by atoms with van der Waals surface area (Å²) in [5, 5.41) is 6.63. The van der Waals surface area contributed by atoms with Gasteiger partial charge in [-0.1, -0.05) is 18.2 Å². The molecule has 7 heteroatoms. The number of hydrogen-bond donors (Lipinski definition) is 2. The van der Waals surface area contributed by atoms with Gasteiger partial charge in [-0.05, 0) is 38.0 Å². The fourth-order valence-corrected chi connectivity index (χ4v) is 2.87. The molecule has 1 aliphatic rings. The number of anilines is 1. The van der Waals surface area contributed by atoms with Crippen LogP contribution in [0.2, 0.25) is 0 Å². The molecule has 0 radical (unpaired) electrons. The minimum Gasteiger partial charge on any atom is -0.369 e. The van der Waals surface area contributed by atoms with Crippen LogP contribution < -0.4 is 15.5 Å². The number of piperidine rings is 1. The van der Waals surface area contributed by atoms with Crippen LogP contribution in [-0.2, 0) is 4.79 Å². The number of rotatable bonds is 6. The van der Waals surface area contributed by atoms with Gasteiger partial charge in [0.25, 0.3) is 0 Å². The number of amides is 1. The molecule has 1 atom stereocenters. The lowest BCUT2D eigenvalue weighted by Crippen LogP contribution is -2.51. The van der Waals surface area contributed by atoms with E-state index < -0.39 is 0 Å². The number of aliphatic imine (C=N–C) groups is 1. The summed E-state index contributed by atoms with van der Waals surface area (Å²) in [6.45, 7) is 8.14. The molecule has 1 amide bonds. The molecule has 0 aromatic heterocycles. The fourth-order valence-electron chi connectivity index (χ4n) is 2.87. The lowest BCUT2D eigenvalue weighted by molar-refractivity contribution is -0.127. The number of benzene rings is 1. The number of guanidine groups is 1. The number of halogens is 1. The van der Waals surface area contributed by atoms with Crippen LogP contribution in [0.5, 0.6) is 0 Å². The van der Waals surface area contributed by atoms with E-state index in [1.54, 1.807) is 26.2 Å². The van der Waals surface area contributed by atoms with Gasteiger partial charge in [0, 0.05) is 45.5 Å². The first-order valence-corrected chi connectivity index (χ1v) is 9.25. The Hall–Kier alpha value is -2.57. The van der Waals surface area contributed by atoms with Crippen LogP contribution in [0.1, 0.15) is 19.8 Å². The van der Waals surface area contributed by atoms with E-state index in [4.69, 9.17) is 0 Å². The van der Waals surface area contributed by atoms with Crippen molar-refractivity contribution in [1.29, 1.82) is 0 Å². The lowest BCUT2D eigenvalue weighted by Gasteiger charge is -2.35. The molecule has 1 aromatic carbocycles. The van der Waals surface area contributed by atoms with E-state index in [0.29, 0.717) is 12.5 Å². The van der Waals surface area contributed by atoms with Crippen LogP contribution in [0.15, 0.2) is 41.4 Å². The highest BCUT2D eigenvalue weighted by atomic mass is 19.1. The monoisotopic (exact) mass is 375 g/mol. The molecule has 0 aliphatic carbocycles. The number of nitrogens with one attached hydrogen (secondary N) is 2. The molecular weight excluding hydrogens is 345 g/mol. The van der Waals surface area contributed by atoms with E-state index in [0.717, 1.165) is 37.2 Å². The number of hydrogen-bond acceptors (Lipinski definition) is 3. The molecule has 1 aromatic rings. The normalized spacial score (nSPS) is 17.4. The number of nitrogens with zero attached hydrogens (tertiary/aromatic N) is 3. The smallest absolute Gasteiger partial charge is 0.243 e. The number of likely N-dealkylation sites (N-methyl/N-ethyl adjacent to an activating group) is 1. The summed E-state index contributed by atoms with van der Waals surface area (Å²) in [5.74, 6) is 0.311. The standard InChI is InChI=1S/C20H30FN5O/c1-15(2)12-22-20(23-13-19(27)25(3)4)24-17-8-6-10-26(14-17)18-9-5-7-16(21)11-18/h5,7,9,11,17H,1,6,8,10,12-14H2,2-4H3,(H2,22,23,24). The molecule has 1 aliphatic heterocycles. The minimum atomic E-state index is -0.227. The van der Waals surface area contributed by atoms with Crippen LogP contribution in [0.3, 0.4) is 0 Å². The molecule has 0 saturated carbocycles. The van der Waals surface area contributed by atoms with Gasteiger partial charge in [0.05, 0.1) is 0 Å². The molecule has 2 N–H and O–H groups in total. The average molecular weight is 375 g/mol. The molecule has 27 heavy (non-hydrogen) atoms. The van der Waals surface area contributed by atoms with E-state index in [9.17, 15) is 9.18 Å². The van der Waals surface area contributed by atoms with E-state index in [1.807, 2.05) is 13.0 Å². The van der Waals surface area contributed by atoms with Gasteiger partial charge in [-0.25, -0.2) is 9.38 Å². The van der Waals surface area contributed by atoms with Gasteiger partial charge in [0.2, 0.25) is 5.91 Å². The summed E-state index contributed by atoms with van der Waals surface area (Å²) < 4.78 is 13.5. The first-order valence-electron chi connectivity index (χ1n) is 9.25. The van der Waals surface area contributed by atoms with Crippen LogP contribution in [0, 0.1) is 5.82 Å². The van der Waals surface area contributed by atoms with Gasteiger partial charge in [-0.3, -0.25) is 4.79 Å². The molecule has 1 unspecified atom stereocenters. The fraction of sp³-hybridized carbons (Fsp3) is 0.500. The predicted octanol–water partition coefficient (Wildman–Crippen LogP) is 1.99. The number of carbonyl (C=O) groups is 1. The SMILES string of the molecule is C=C(C)CNC(=NCC(=O)N(C)C)NC1CCCN(c2cccc(F)c2)C1. The lowest BCUT2D eigenvalue weighted by atomic mass is 10.0. The molecule has 1 saturated heterocycles. The van der Waals surface area contributed by atoms with Crippen molar-refractivity contribution in [1.82, 2.24) is 15.5 Å². The molecule has 6 nitrogen and oxygen atoms in total. The van der Waals surface area contributed by atoms with E-state index in [2.05, 4.69) is 27.1 Å². The molecule has 2 rings (SSSR count). The van der Waals surface area contributed by atoms with Crippen molar-refractivity contribution in [3.63, 3.8) is 0 Å². The van der Waals surface area contributed by atoms with Crippen LogP contribution in [0.4, 0.5) is 10.1 Å². The summed E-state index contributed by atoms with van der Waals surface area (Å²) in [6, 6.07) is 6.84. The van der Waals surface area contributed by atoms with Crippen molar-refractivity contribution < 1.29 is 9.18 Å². The first kappa shape index (κ1) is 20.7. The summed E-state index contributed by atoms with van der Waals surface area (Å²) >= 11 is 0. The third-order valence-corrected chi connectivity index (χ3v) is 4.36. The Morgan fingerprint density at radius 3 is 2.89 bits per heavy atom. The Labute approximate surface area is 161 Å². The molecule has 1 fully saturated rings. The Morgan fingerprint density at radius 1 is 1.44 bits per heavy atom. The third-order valence-electron chi connectivity index (χ3n) is 4.36. The van der Waals surface area contributed by atoms with Gasteiger partial charge in [-0.2, -0.15) is 0 Å². The predicted molar refractivity (Wildman–Crippen MR) is 109 cm³/mol.